The van der Waals surface area contributed by atoms with E-state index < -0.39 is 16.1 Å². The van der Waals surface area contributed by atoms with Gasteiger partial charge in [0.2, 0.25) is 0 Å². The van der Waals surface area contributed by atoms with Crippen LogP contribution < -0.4 is 15.4 Å². The monoisotopic (exact) mass is 295 g/mol. The summed E-state index contributed by atoms with van der Waals surface area (Å²) < 4.78 is 25.7. The zero-order chi connectivity index (χ0) is 12.5. The molecule has 0 unspecified atom stereocenters. The zero-order valence-electron chi connectivity index (χ0n) is 8.57. The highest BCUT2D eigenvalue weighted by Gasteiger charge is 2.23. The second-order valence-corrected chi connectivity index (χ2v) is 7.12. The van der Waals surface area contributed by atoms with Gasteiger partial charge in [0.15, 0.2) is 0 Å². The number of sulfonamides is 1. The van der Waals surface area contributed by atoms with Crippen LogP contribution in [0.4, 0.5) is 4.79 Å². The maximum atomic E-state index is 11.7. The molecule has 94 valence electrons. The molecule has 6 nitrogen and oxygen atoms in total. The number of hydrogen-bond donors (Lipinski definition) is 3. The first-order valence-corrected chi connectivity index (χ1v) is 7.44. The predicted molar refractivity (Wildman–Crippen MR) is 64.8 cm³/mol. The third-order valence-electron chi connectivity index (χ3n) is 2.16. The molecule has 1 aliphatic rings. The Labute approximate surface area is 107 Å². The SMILES string of the molecule is O=C(NC1CNC1)NS(=O)(=O)c1ccc(Cl)s1. The van der Waals surface area contributed by atoms with Crippen LogP contribution in [-0.2, 0) is 10.0 Å². The summed E-state index contributed by atoms with van der Waals surface area (Å²) in [5, 5.41) is 5.49. The first kappa shape index (κ1) is 12.6. The van der Waals surface area contributed by atoms with Crippen LogP contribution >= 0.6 is 22.9 Å². The molecule has 2 amide bonds. The van der Waals surface area contributed by atoms with Crippen molar-refractivity contribution in [1.29, 1.82) is 0 Å². The Balaban J connectivity index is 1.99. The molecule has 0 aliphatic carbocycles. The minimum Gasteiger partial charge on any atom is -0.332 e. The number of amides is 2. The van der Waals surface area contributed by atoms with E-state index in [4.69, 9.17) is 11.6 Å². The van der Waals surface area contributed by atoms with Gasteiger partial charge in [0.1, 0.15) is 4.21 Å². The van der Waals surface area contributed by atoms with Crippen molar-refractivity contribution in [3.63, 3.8) is 0 Å². The molecule has 2 heterocycles. The molecule has 2 rings (SSSR count). The molecule has 1 aliphatic heterocycles. The normalized spacial score (nSPS) is 16.3. The maximum Gasteiger partial charge on any atom is 0.329 e. The Kier molecular flexibility index (Phi) is 3.57. The van der Waals surface area contributed by atoms with E-state index in [1.54, 1.807) is 0 Å². The Morgan fingerprint density at radius 3 is 2.65 bits per heavy atom. The van der Waals surface area contributed by atoms with E-state index >= 15 is 0 Å². The number of urea groups is 1. The second kappa shape index (κ2) is 4.81. The van der Waals surface area contributed by atoms with Gasteiger partial charge in [-0.1, -0.05) is 11.6 Å². The van der Waals surface area contributed by atoms with Crippen molar-refractivity contribution < 1.29 is 13.2 Å². The molecule has 9 heteroatoms. The molecule has 1 aromatic rings. The van der Waals surface area contributed by atoms with Crippen LogP contribution in [0.5, 0.6) is 0 Å². The number of rotatable bonds is 3. The van der Waals surface area contributed by atoms with E-state index in [1.807, 2.05) is 4.72 Å². The van der Waals surface area contributed by atoms with Gasteiger partial charge in [0.05, 0.1) is 10.4 Å². The molecule has 0 saturated carbocycles. The van der Waals surface area contributed by atoms with Gasteiger partial charge >= 0.3 is 6.03 Å². The highest BCUT2D eigenvalue weighted by atomic mass is 35.5. The van der Waals surface area contributed by atoms with Gasteiger partial charge in [-0.15, -0.1) is 11.3 Å². The van der Waals surface area contributed by atoms with Gasteiger partial charge < -0.3 is 10.6 Å². The second-order valence-electron chi connectivity index (χ2n) is 3.49. The van der Waals surface area contributed by atoms with Crippen LogP contribution in [0.25, 0.3) is 0 Å². The summed E-state index contributed by atoms with van der Waals surface area (Å²) in [6, 6.07) is 2.08. The number of halogens is 1. The van der Waals surface area contributed by atoms with E-state index in [2.05, 4.69) is 10.6 Å². The van der Waals surface area contributed by atoms with E-state index in [-0.39, 0.29) is 10.3 Å². The number of thiophene rings is 1. The van der Waals surface area contributed by atoms with Crippen LogP contribution in [0.15, 0.2) is 16.3 Å². The third kappa shape index (κ3) is 3.09. The number of hydrogen-bond acceptors (Lipinski definition) is 5. The van der Waals surface area contributed by atoms with E-state index in [9.17, 15) is 13.2 Å². The molecule has 17 heavy (non-hydrogen) atoms. The first-order chi connectivity index (χ1) is 7.97. The van der Waals surface area contributed by atoms with Crippen LogP contribution in [0, 0.1) is 0 Å². The summed E-state index contributed by atoms with van der Waals surface area (Å²) in [6.45, 7) is 1.30. The summed E-state index contributed by atoms with van der Waals surface area (Å²) in [5.74, 6) is 0. The smallest absolute Gasteiger partial charge is 0.329 e. The first-order valence-electron chi connectivity index (χ1n) is 4.77. The third-order valence-corrected chi connectivity index (χ3v) is 5.21. The van der Waals surface area contributed by atoms with Crippen LogP contribution in [0.1, 0.15) is 0 Å². The molecule has 0 atom stereocenters. The molecular formula is C8H10ClN3O3S2. The quantitative estimate of drug-likeness (QED) is 0.751. The van der Waals surface area contributed by atoms with Gasteiger partial charge in [-0.2, -0.15) is 0 Å². The fraction of sp³-hybridized carbons (Fsp3) is 0.375. The molecule has 0 spiro atoms. The van der Waals surface area contributed by atoms with Crippen molar-refractivity contribution in [1.82, 2.24) is 15.4 Å². The summed E-state index contributed by atoms with van der Waals surface area (Å²) in [4.78, 5) is 11.4. The van der Waals surface area contributed by atoms with E-state index in [0.717, 1.165) is 11.3 Å². The summed E-state index contributed by atoms with van der Waals surface area (Å²) >= 11 is 6.53. The largest absolute Gasteiger partial charge is 0.332 e. The Morgan fingerprint density at radius 1 is 1.47 bits per heavy atom. The lowest BCUT2D eigenvalue weighted by Gasteiger charge is -2.27. The van der Waals surface area contributed by atoms with Gasteiger partial charge in [-0.25, -0.2) is 17.9 Å². The van der Waals surface area contributed by atoms with Crippen molar-refractivity contribution in [3.05, 3.63) is 16.5 Å². The van der Waals surface area contributed by atoms with Crippen molar-refractivity contribution in [2.45, 2.75) is 10.3 Å². The summed E-state index contributed by atoms with van der Waals surface area (Å²) in [7, 11) is -3.82. The number of nitrogens with one attached hydrogen (secondary N) is 3. The maximum absolute atomic E-state index is 11.7. The molecule has 0 bridgehead atoms. The lowest BCUT2D eigenvalue weighted by atomic mass is 10.2. The minimum atomic E-state index is -3.82. The topological polar surface area (TPSA) is 87.3 Å². The molecule has 3 N–H and O–H groups in total. The van der Waals surface area contributed by atoms with Crippen molar-refractivity contribution in [2.75, 3.05) is 13.1 Å². The summed E-state index contributed by atoms with van der Waals surface area (Å²) in [5.41, 5.74) is 0. The number of carbonyl (C=O) groups is 1. The molecule has 1 saturated heterocycles. The van der Waals surface area contributed by atoms with Crippen molar-refractivity contribution >= 4 is 39.0 Å². The van der Waals surface area contributed by atoms with Crippen molar-refractivity contribution in [2.24, 2.45) is 0 Å². The lowest BCUT2D eigenvalue weighted by molar-refractivity contribution is 0.236. The van der Waals surface area contributed by atoms with Crippen LogP contribution in [0.2, 0.25) is 4.34 Å². The molecule has 0 aromatic carbocycles. The molecule has 1 fully saturated rings. The van der Waals surface area contributed by atoms with E-state index in [0.29, 0.717) is 17.4 Å². The lowest BCUT2D eigenvalue weighted by Crippen LogP contribution is -2.59. The fourth-order valence-corrected chi connectivity index (χ4v) is 3.62. The highest BCUT2D eigenvalue weighted by Crippen LogP contribution is 2.25. The fourth-order valence-electron chi connectivity index (χ4n) is 1.22. The average Bonchev–Trinajstić information content (AvgIpc) is 2.58. The average molecular weight is 296 g/mol. The Hall–Kier alpha value is -0.830. The predicted octanol–water partition coefficient (Wildman–Crippen LogP) is 0.361. The van der Waals surface area contributed by atoms with Crippen LogP contribution in [-0.4, -0.2) is 33.6 Å². The zero-order valence-corrected chi connectivity index (χ0v) is 11.0. The van der Waals surface area contributed by atoms with Crippen LogP contribution in [0.3, 0.4) is 0 Å². The summed E-state index contributed by atoms with van der Waals surface area (Å²) in [6.07, 6.45) is 0. The molecular weight excluding hydrogens is 286 g/mol. The minimum absolute atomic E-state index is 0.0166. The number of carbonyl (C=O) groups excluding carboxylic acids is 1. The van der Waals surface area contributed by atoms with Crippen molar-refractivity contribution in [3.8, 4) is 0 Å². The highest BCUT2D eigenvalue weighted by molar-refractivity contribution is 7.92. The Morgan fingerprint density at radius 2 is 2.18 bits per heavy atom. The molecule has 1 aromatic heterocycles. The van der Waals surface area contributed by atoms with Gasteiger partial charge in [-0.3, -0.25) is 0 Å². The van der Waals surface area contributed by atoms with Gasteiger partial charge in [-0.05, 0) is 12.1 Å². The van der Waals surface area contributed by atoms with Gasteiger partial charge in [0, 0.05) is 13.1 Å². The Bertz CT molecular complexity index is 524. The van der Waals surface area contributed by atoms with E-state index in [1.165, 1.54) is 12.1 Å². The standard InChI is InChI=1S/C8H10ClN3O3S2/c9-6-1-2-7(16-6)17(14,15)12-8(13)11-5-3-10-4-5/h1-2,5,10H,3-4H2,(H2,11,12,13). The van der Waals surface area contributed by atoms with Gasteiger partial charge in [0.25, 0.3) is 10.0 Å². The molecule has 0 radical (unpaired) electrons.